The Bertz CT molecular complexity index is 858. The molecule has 1 amide bonds. The molecule has 1 N–H and O–H groups in total. The number of alkyl halides is 3. The van der Waals surface area contributed by atoms with Crippen LogP contribution in [0.4, 0.5) is 18.9 Å². The number of hydrogen-bond acceptors (Lipinski definition) is 5. The number of nitro groups is 1. The van der Waals surface area contributed by atoms with Gasteiger partial charge in [-0.05, 0) is 24.3 Å². The van der Waals surface area contributed by atoms with Crippen LogP contribution in [0.1, 0.15) is 15.9 Å². The highest BCUT2D eigenvalue weighted by Crippen LogP contribution is 2.37. The number of carbonyl (C=O) groups excluding carboxylic acids is 1. The highest BCUT2D eigenvalue weighted by molar-refractivity contribution is 6.32. The summed E-state index contributed by atoms with van der Waals surface area (Å²) in [6.45, 7) is 0. The lowest BCUT2D eigenvalue weighted by Gasteiger charge is -2.12. The second-order valence-corrected chi connectivity index (χ2v) is 5.22. The summed E-state index contributed by atoms with van der Waals surface area (Å²) in [4.78, 5) is 26.5. The van der Waals surface area contributed by atoms with Crippen LogP contribution in [0.15, 0.2) is 36.4 Å². The molecule has 0 aliphatic rings. The highest BCUT2D eigenvalue weighted by atomic mass is 35.5. The third-order valence-corrected chi connectivity index (χ3v) is 3.39. The standard InChI is InChI=1S/C15H10ClF3N2O5/c1-25-20-14(22)10-7-9(3-4-12(10)21(23)24)26-13-5-2-8(6-11(13)16)15(17,18)19/h2-7H,1H3,(H,20,22). The zero-order valence-corrected chi connectivity index (χ0v) is 13.7. The number of nitrogens with one attached hydrogen (secondary N) is 1. The lowest BCUT2D eigenvalue weighted by molar-refractivity contribution is -0.385. The lowest BCUT2D eigenvalue weighted by Crippen LogP contribution is -2.22. The molecule has 11 heteroatoms. The zero-order chi connectivity index (χ0) is 19.5. The Morgan fingerprint density at radius 2 is 1.92 bits per heavy atom. The molecule has 0 bridgehead atoms. The van der Waals surface area contributed by atoms with E-state index in [1.165, 1.54) is 6.07 Å². The van der Waals surface area contributed by atoms with Gasteiger partial charge in [-0.3, -0.25) is 19.7 Å². The van der Waals surface area contributed by atoms with E-state index in [0.29, 0.717) is 6.07 Å². The van der Waals surface area contributed by atoms with Crippen LogP contribution < -0.4 is 10.2 Å². The molecule has 7 nitrogen and oxygen atoms in total. The van der Waals surface area contributed by atoms with Crippen molar-refractivity contribution in [3.8, 4) is 11.5 Å². The second-order valence-electron chi connectivity index (χ2n) is 4.82. The van der Waals surface area contributed by atoms with E-state index < -0.39 is 28.3 Å². The van der Waals surface area contributed by atoms with Gasteiger partial charge >= 0.3 is 6.18 Å². The molecule has 26 heavy (non-hydrogen) atoms. The van der Waals surface area contributed by atoms with Crippen molar-refractivity contribution in [2.45, 2.75) is 6.18 Å². The largest absolute Gasteiger partial charge is 0.456 e. The molecule has 2 rings (SSSR count). The normalized spacial score (nSPS) is 11.1. The van der Waals surface area contributed by atoms with Crippen LogP contribution in [0.2, 0.25) is 5.02 Å². The molecular formula is C15H10ClF3N2O5. The number of benzene rings is 2. The predicted molar refractivity (Wildman–Crippen MR) is 84.1 cm³/mol. The van der Waals surface area contributed by atoms with Gasteiger partial charge in [0.15, 0.2) is 0 Å². The van der Waals surface area contributed by atoms with Crippen molar-refractivity contribution < 1.29 is 32.5 Å². The molecule has 138 valence electrons. The number of hydroxylamine groups is 1. The maximum absolute atomic E-state index is 12.6. The van der Waals surface area contributed by atoms with Gasteiger partial charge < -0.3 is 4.74 Å². The summed E-state index contributed by atoms with van der Waals surface area (Å²) in [5, 5.41) is 10.7. The molecule has 0 atom stereocenters. The first-order chi connectivity index (χ1) is 12.1. The minimum atomic E-state index is -4.57. The molecule has 0 fully saturated rings. The van der Waals surface area contributed by atoms with Crippen molar-refractivity contribution in [3.63, 3.8) is 0 Å². The van der Waals surface area contributed by atoms with Gasteiger partial charge in [-0.2, -0.15) is 13.2 Å². The summed E-state index contributed by atoms with van der Waals surface area (Å²) in [7, 11) is 1.14. The van der Waals surface area contributed by atoms with Gasteiger partial charge in [-0.1, -0.05) is 11.6 Å². The molecule has 0 unspecified atom stereocenters. The number of nitrogens with zero attached hydrogens (tertiary/aromatic N) is 1. The van der Waals surface area contributed by atoms with Crippen molar-refractivity contribution >= 4 is 23.2 Å². The quantitative estimate of drug-likeness (QED) is 0.605. The Kier molecular flexibility index (Phi) is 5.68. The van der Waals surface area contributed by atoms with E-state index in [4.69, 9.17) is 16.3 Å². The molecule has 0 aliphatic heterocycles. The fourth-order valence-electron chi connectivity index (χ4n) is 1.95. The Balaban J connectivity index is 2.37. The molecule has 0 spiro atoms. The molecule has 2 aromatic carbocycles. The third kappa shape index (κ3) is 4.41. The number of carbonyl (C=O) groups is 1. The van der Waals surface area contributed by atoms with Crippen molar-refractivity contribution in [1.29, 1.82) is 0 Å². The van der Waals surface area contributed by atoms with Crippen molar-refractivity contribution in [3.05, 3.63) is 62.7 Å². The van der Waals surface area contributed by atoms with Gasteiger partial charge in [0.05, 0.1) is 22.6 Å². The first-order valence-corrected chi connectivity index (χ1v) is 7.17. The molecule has 0 radical (unpaired) electrons. The van der Waals surface area contributed by atoms with E-state index >= 15 is 0 Å². The third-order valence-electron chi connectivity index (χ3n) is 3.09. The van der Waals surface area contributed by atoms with Crippen LogP contribution >= 0.6 is 11.6 Å². The van der Waals surface area contributed by atoms with E-state index in [2.05, 4.69) is 4.84 Å². The Labute approximate surface area is 149 Å². The lowest BCUT2D eigenvalue weighted by atomic mass is 10.1. The van der Waals surface area contributed by atoms with Gasteiger partial charge in [-0.25, -0.2) is 5.48 Å². The molecular weight excluding hydrogens is 381 g/mol. The van der Waals surface area contributed by atoms with Crippen LogP contribution in [-0.2, 0) is 11.0 Å². The van der Waals surface area contributed by atoms with Gasteiger partial charge in [0, 0.05) is 12.1 Å². The number of amides is 1. The summed E-state index contributed by atoms with van der Waals surface area (Å²) < 4.78 is 43.3. The van der Waals surface area contributed by atoms with Crippen molar-refractivity contribution in [1.82, 2.24) is 5.48 Å². The minimum absolute atomic E-state index is 0.0430. The number of rotatable bonds is 5. The number of hydrogen-bond donors (Lipinski definition) is 1. The van der Waals surface area contributed by atoms with Crippen LogP contribution in [0.5, 0.6) is 11.5 Å². The molecule has 0 heterocycles. The monoisotopic (exact) mass is 390 g/mol. The highest BCUT2D eigenvalue weighted by Gasteiger charge is 2.31. The smallest absolute Gasteiger partial charge is 0.416 e. The fourth-order valence-corrected chi connectivity index (χ4v) is 2.17. The van der Waals surface area contributed by atoms with E-state index in [0.717, 1.165) is 31.4 Å². The van der Waals surface area contributed by atoms with E-state index in [-0.39, 0.29) is 22.1 Å². The van der Waals surface area contributed by atoms with Crippen LogP contribution in [-0.4, -0.2) is 17.9 Å². The SMILES string of the molecule is CONC(=O)c1cc(Oc2ccc(C(F)(F)F)cc2Cl)ccc1[N+](=O)[O-]. The molecule has 2 aromatic rings. The maximum Gasteiger partial charge on any atom is 0.416 e. The van der Waals surface area contributed by atoms with Crippen molar-refractivity contribution in [2.75, 3.05) is 7.11 Å². The van der Waals surface area contributed by atoms with Gasteiger partial charge in [0.1, 0.15) is 17.1 Å². The summed E-state index contributed by atoms with van der Waals surface area (Å²) in [6.07, 6.45) is -4.57. The number of halogens is 4. The predicted octanol–water partition coefficient (Wildman–Crippen LogP) is 4.35. The fraction of sp³-hybridized carbons (Fsp3) is 0.133. The second kappa shape index (κ2) is 7.58. The Hall–Kier alpha value is -2.85. The minimum Gasteiger partial charge on any atom is -0.456 e. The maximum atomic E-state index is 12.6. The average Bonchev–Trinajstić information content (AvgIpc) is 2.55. The van der Waals surface area contributed by atoms with Gasteiger partial charge in [0.25, 0.3) is 11.6 Å². The molecule has 0 aromatic heterocycles. The molecule has 0 saturated heterocycles. The topological polar surface area (TPSA) is 90.7 Å². The summed E-state index contributed by atoms with van der Waals surface area (Å²) in [5.74, 6) is -1.06. The van der Waals surface area contributed by atoms with E-state index in [1.807, 2.05) is 5.48 Å². The summed E-state index contributed by atoms with van der Waals surface area (Å²) in [6, 6.07) is 5.68. The van der Waals surface area contributed by atoms with Crippen LogP contribution in [0.3, 0.4) is 0 Å². The number of nitro benzene ring substituents is 1. The Morgan fingerprint density at radius 1 is 1.23 bits per heavy atom. The van der Waals surface area contributed by atoms with Crippen LogP contribution in [0, 0.1) is 10.1 Å². The Morgan fingerprint density at radius 3 is 2.46 bits per heavy atom. The van der Waals surface area contributed by atoms with Gasteiger partial charge in [-0.15, -0.1) is 0 Å². The average molecular weight is 391 g/mol. The van der Waals surface area contributed by atoms with Gasteiger partial charge in [0.2, 0.25) is 0 Å². The van der Waals surface area contributed by atoms with Crippen LogP contribution in [0.25, 0.3) is 0 Å². The molecule has 0 saturated carbocycles. The first-order valence-electron chi connectivity index (χ1n) is 6.80. The summed E-state index contributed by atoms with van der Waals surface area (Å²) >= 11 is 5.79. The molecule has 0 aliphatic carbocycles. The number of ether oxygens (including phenoxy) is 1. The first kappa shape index (κ1) is 19.5. The zero-order valence-electron chi connectivity index (χ0n) is 13.0. The summed E-state index contributed by atoms with van der Waals surface area (Å²) in [5.41, 5.74) is 0.102. The van der Waals surface area contributed by atoms with E-state index in [9.17, 15) is 28.1 Å². The van der Waals surface area contributed by atoms with E-state index in [1.54, 1.807) is 0 Å². The van der Waals surface area contributed by atoms with Crippen molar-refractivity contribution in [2.24, 2.45) is 0 Å².